The van der Waals surface area contributed by atoms with E-state index in [4.69, 9.17) is 9.15 Å². The number of aryl methyl sites for hydroxylation is 1. The van der Waals surface area contributed by atoms with Gasteiger partial charge in [0.05, 0.1) is 12.9 Å². The number of benzene rings is 2. The summed E-state index contributed by atoms with van der Waals surface area (Å²) in [5, 5.41) is 1.05. The Hall–Kier alpha value is -3.01. The summed E-state index contributed by atoms with van der Waals surface area (Å²) in [5.41, 5.74) is 6.28. The first-order valence-corrected chi connectivity index (χ1v) is 9.76. The van der Waals surface area contributed by atoms with E-state index in [9.17, 15) is 4.79 Å². The normalized spacial score (nSPS) is 14.2. The Morgan fingerprint density at radius 1 is 1.25 bits per heavy atom. The molecule has 1 aliphatic rings. The molecule has 28 heavy (non-hydrogen) atoms. The molecule has 0 bridgehead atoms. The number of hydrogen-bond acceptors (Lipinski definition) is 3. The fourth-order valence-corrected chi connectivity index (χ4v) is 3.80. The lowest BCUT2D eigenvalue weighted by molar-refractivity contribution is -0.126. The van der Waals surface area contributed by atoms with Crippen LogP contribution in [0, 0.1) is 6.92 Å². The van der Waals surface area contributed by atoms with Gasteiger partial charge in [-0.1, -0.05) is 24.3 Å². The third-order valence-electron chi connectivity index (χ3n) is 5.38. The van der Waals surface area contributed by atoms with Crippen LogP contribution in [0.15, 0.2) is 53.2 Å². The molecule has 144 valence electrons. The van der Waals surface area contributed by atoms with Crippen molar-refractivity contribution in [3.05, 3.63) is 71.0 Å². The molecular weight excluding hydrogens is 350 g/mol. The summed E-state index contributed by atoms with van der Waals surface area (Å²) in [6.07, 6.45) is 4.38. The Morgan fingerprint density at radius 3 is 2.82 bits per heavy atom. The Morgan fingerprint density at radius 2 is 2.04 bits per heavy atom. The van der Waals surface area contributed by atoms with E-state index in [-0.39, 0.29) is 5.91 Å². The zero-order valence-electron chi connectivity index (χ0n) is 16.6. The fourth-order valence-electron chi connectivity index (χ4n) is 3.80. The maximum Gasteiger partial charge on any atom is 0.247 e. The minimum atomic E-state index is 0.0402. The van der Waals surface area contributed by atoms with E-state index >= 15 is 0 Å². The van der Waals surface area contributed by atoms with E-state index in [1.165, 1.54) is 11.1 Å². The molecule has 4 nitrogen and oxygen atoms in total. The highest BCUT2D eigenvalue weighted by Crippen LogP contribution is 2.33. The summed E-state index contributed by atoms with van der Waals surface area (Å²) in [7, 11) is 0. The molecule has 2 heterocycles. The molecule has 0 fully saturated rings. The zero-order chi connectivity index (χ0) is 19.7. The van der Waals surface area contributed by atoms with Crippen molar-refractivity contribution in [3.63, 3.8) is 0 Å². The molecule has 4 rings (SSSR count). The summed E-state index contributed by atoms with van der Waals surface area (Å²) in [6.45, 7) is 7.91. The van der Waals surface area contributed by atoms with Crippen molar-refractivity contribution in [2.45, 2.75) is 33.7 Å². The predicted molar refractivity (Wildman–Crippen MR) is 111 cm³/mol. The van der Waals surface area contributed by atoms with Crippen molar-refractivity contribution >= 4 is 22.4 Å². The lowest BCUT2D eigenvalue weighted by atomic mass is 9.99. The summed E-state index contributed by atoms with van der Waals surface area (Å²) >= 11 is 0. The third-order valence-corrected chi connectivity index (χ3v) is 5.38. The number of carbonyl (C=O) groups is 1. The smallest absolute Gasteiger partial charge is 0.247 e. The highest BCUT2D eigenvalue weighted by Gasteiger charge is 2.20. The molecule has 3 aromatic rings. The highest BCUT2D eigenvalue weighted by molar-refractivity contribution is 5.97. The number of allylic oxidation sites excluding steroid dienone is 1. The van der Waals surface area contributed by atoms with Gasteiger partial charge in [-0.25, -0.2) is 0 Å². The minimum Gasteiger partial charge on any atom is -0.493 e. The van der Waals surface area contributed by atoms with Gasteiger partial charge in [0.2, 0.25) is 5.91 Å². The van der Waals surface area contributed by atoms with Gasteiger partial charge in [0.25, 0.3) is 0 Å². The topological polar surface area (TPSA) is 42.7 Å². The van der Waals surface area contributed by atoms with Crippen LogP contribution in [0.25, 0.3) is 16.5 Å². The van der Waals surface area contributed by atoms with Crippen molar-refractivity contribution < 1.29 is 13.9 Å². The Kier molecular flexibility index (Phi) is 4.95. The second kappa shape index (κ2) is 7.55. The van der Waals surface area contributed by atoms with Gasteiger partial charge >= 0.3 is 0 Å². The predicted octanol–water partition coefficient (Wildman–Crippen LogP) is 5.13. The van der Waals surface area contributed by atoms with Gasteiger partial charge in [0, 0.05) is 36.2 Å². The van der Waals surface area contributed by atoms with Crippen LogP contribution in [0.1, 0.15) is 36.1 Å². The number of hydrogen-bond donors (Lipinski definition) is 0. The van der Waals surface area contributed by atoms with Crippen LogP contribution in [0.3, 0.4) is 0 Å². The van der Waals surface area contributed by atoms with Gasteiger partial charge < -0.3 is 14.1 Å². The fraction of sp³-hybridized carbons (Fsp3) is 0.292. The van der Waals surface area contributed by atoms with Gasteiger partial charge in [-0.2, -0.15) is 0 Å². The monoisotopic (exact) mass is 375 g/mol. The third kappa shape index (κ3) is 3.42. The summed E-state index contributed by atoms with van der Waals surface area (Å²) in [6, 6.07) is 12.3. The van der Waals surface area contributed by atoms with Crippen LogP contribution >= 0.6 is 0 Å². The van der Waals surface area contributed by atoms with Crippen LogP contribution in [-0.2, 0) is 17.8 Å². The number of ether oxygens (including phenoxy) is 1. The van der Waals surface area contributed by atoms with E-state index < -0.39 is 0 Å². The van der Waals surface area contributed by atoms with Gasteiger partial charge in [-0.15, -0.1) is 0 Å². The van der Waals surface area contributed by atoms with Crippen molar-refractivity contribution in [2.75, 3.05) is 13.2 Å². The maximum absolute atomic E-state index is 12.9. The molecule has 0 spiro atoms. The van der Waals surface area contributed by atoms with Crippen molar-refractivity contribution in [3.8, 4) is 5.75 Å². The molecule has 1 aliphatic heterocycles. The summed E-state index contributed by atoms with van der Waals surface area (Å²) in [4.78, 5) is 14.8. The zero-order valence-corrected chi connectivity index (χ0v) is 16.6. The second-order valence-corrected chi connectivity index (χ2v) is 7.30. The Bertz CT molecular complexity index is 1060. The molecule has 2 aromatic carbocycles. The van der Waals surface area contributed by atoms with Crippen LogP contribution in [0.4, 0.5) is 0 Å². The SMILES string of the molecule is CCOc1cc2occ(C)c2cc1/C(C)=C/C(=O)N1CCc2ccccc2C1. The van der Waals surface area contributed by atoms with Crippen molar-refractivity contribution in [2.24, 2.45) is 0 Å². The van der Waals surface area contributed by atoms with E-state index in [1.54, 1.807) is 12.3 Å². The number of nitrogens with zero attached hydrogens (tertiary/aromatic N) is 1. The van der Waals surface area contributed by atoms with Gasteiger partial charge in [-0.05, 0) is 55.5 Å². The van der Waals surface area contributed by atoms with Crippen molar-refractivity contribution in [1.82, 2.24) is 4.90 Å². The molecule has 4 heteroatoms. The van der Waals surface area contributed by atoms with E-state index in [2.05, 4.69) is 24.3 Å². The van der Waals surface area contributed by atoms with Gasteiger partial charge in [0.1, 0.15) is 11.3 Å². The molecular formula is C24H25NO3. The lowest BCUT2D eigenvalue weighted by Crippen LogP contribution is -2.34. The highest BCUT2D eigenvalue weighted by atomic mass is 16.5. The molecule has 0 unspecified atom stereocenters. The molecule has 0 saturated carbocycles. The minimum absolute atomic E-state index is 0.0402. The van der Waals surface area contributed by atoms with E-state index in [1.807, 2.05) is 37.8 Å². The molecule has 0 aliphatic carbocycles. The summed E-state index contributed by atoms with van der Waals surface area (Å²) < 4.78 is 11.4. The van der Waals surface area contributed by atoms with Crippen LogP contribution < -0.4 is 4.74 Å². The van der Waals surface area contributed by atoms with Gasteiger partial charge in [-0.3, -0.25) is 4.79 Å². The van der Waals surface area contributed by atoms with Crippen LogP contribution in [0.2, 0.25) is 0 Å². The van der Waals surface area contributed by atoms with E-state index in [0.29, 0.717) is 13.2 Å². The number of fused-ring (bicyclic) bond motifs is 2. The Balaban J connectivity index is 1.64. The molecule has 0 saturated heterocycles. The average Bonchev–Trinajstić information content (AvgIpc) is 3.07. The molecule has 1 aromatic heterocycles. The molecule has 0 atom stereocenters. The number of rotatable bonds is 4. The number of amides is 1. The average molecular weight is 375 g/mol. The van der Waals surface area contributed by atoms with Crippen molar-refractivity contribution in [1.29, 1.82) is 0 Å². The quantitative estimate of drug-likeness (QED) is 0.594. The maximum atomic E-state index is 12.9. The summed E-state index contributed by atoms with van der Waals surface area (Å²) in [5.74, 6) is 0.786. The van der Waals surface area contributed by atoms with Crippen LogP contribution in [-0.4, -0.2) is 24.0 Å². The first-order chi connectivity index (χ1) is 13.6. The first-order valence-electron chi connectivity index (χ1n) is 9.76. The first kappa shape index (κ1) is 18.4. The number of carbonyl (C=O) groups excluding carboxylic acids is 1. The van der Waals surface area contributed by atoms with Gasteiger partial charge in [0.15, 0.2) is 0 Å². The molecule has 0 N–H and O–H groups in total. The van der Waals surface area contributed by atoms with E-state index in [0.717, 1.165) is 46.4 Å². The largest absolute Gasteiger partial charge is 0.493 e. The lowest BCUT2D eigenvalue weighted by Gasteiger charge is -2.28. The Labute approximate surface area is 165 Å². The molecule has 1 amide bonds. The number of furan rings is 1. The standard InChI is InChI=1S/C24H25NO3/c1-4-27-22-13-23-21(17(3)15-28-23)12-20(22)16(2)11-24(26)25-10-9-18-7-5-6-8-19(18)14-25/h5-8,11-13,15H,4,9-10,14H2,1-3H3/b16-11+. The molecule has 0 radical (unpaired) electrons. The van der Waals surface area contributed by atoms with Crippen LogP contribution in [0.5, 0.6) is 5.75 Å². The second-order valence-electron chi connectivity index (χ2n) is 7.30.